The van der Waals surface area contributed by atoms with Crippen molar-refractivity contribution in [2.45, 2.75) is 19.4 Å². The predicted octanol–water partition coefficient (Wildman–Crippen LogP) is 5.64. The summed E-state index contributed by atoms with van der Waals surface area (Å²) in [5.74, 6) is 0. The van der Waals surface area contributed by atoms with Gasteiger partial charge in [-0.2, -0.15) is 0 Å². The van der Waals surface area contributed by atoms with Crippen LogP contribution in [-0.2, 0) is 6.42 Å². The van der Waals surface area contributed by atoms with Gasteiger partial charge in [0.2, 0.25) is 0 Å². The number of benzene rings is 2. The number of hydrogen-bond acceptors (Lipinski definition) is 1. The molecule has 0 amide bonds. The Kier molecular flexibility index (Phi) is 5.37. The molecule has 4 heteroatoms. The van der Waals surface area contributed by atoms with Crippen LogP contribution in [0.25, 0.3) is 0 Å². The minimum absolute atomic E-state index is 0.343. The summed E-state index contributed by atoms with van der Waals surface area (Å²) in [4.78, 5) is 0. The fourth-order valence-electron chi connectivity index (χ4n) is 1.90. The molecule has 0 saturated heterocycles. The van der Waals surface area contributed by atoms with Crippen molar-refractivity contribution in [2.75, 3.05) is 5.32 Å². The number of halogens is 3. The third-order valence-corrected chi connectivity index (χ3v) is 4.17. The highest BCUT2D eigenvalue weighted by molar-refractivity contribution is 14.1. The van der Waals surface area contributed by atoms with Gasteiger partial charge in [0.05, 0.1) is 0 Å². The normalized spacial score (nSPS) is 12.2. The average molecular weight is 406 g/mol. The van der Waals surface area contributed by atoms with Crippen molar-refractivity contribution < 1.29 is 0 Å². The molecule has 0 aliphatic carbocycles. The maximum Gasteiger partial charge on any atom is 0.0479 e. The first-order chi connectivity index (χ1) is 9.04. The molecule has 0 spiro atoms. The van der Waals surface area contributed by atoms with Gasteiger partial charge >= 0.3 is 0 Å². The second-order valence-corrected chi connectivity index (χ2v) is 6.54. The third kappa shape index (κ3) is 4.55. The number of nitrogens with one attached hydrogen (secondary N) is 1. The molecule has 19 heavy (non-hydrogen) atoms. The van der Waals surface area contributed by atoms with Crippen molar-refractivity contribution in [1.82, 2.24) is 0 Å². The second kappa shape index (κ2) is 6.82. The maximum atomic E-state index is 5.95. The third-order valence-electron chi connectivity index (χ3n) is 2.79. The molecule has 0 fully saturated rings. The standard InChI is InChI=1S/C15H14Cl2IN/c1-10(8-11-2-4-12(16)5-3-11)19-15-7-6-13(17)9-14(15)18/h2-7,9-10,19H,8H2,1H3. The summed E-state index contributed by atoms with van der Waals surface area (Å²) in [7, 11) is 0. The van der Waals surface area contributed by atoms with Crippen LogP contribution in [0.2, 0.25) is 10.0 Å². The van der Waals surface area contributed by atoms with E-state index in [1.165, 1.54) is 5.56 Å². The van der Waals surface area contributed by atoms with Gasteiger partial charge in [-0.1, -0.05) is 35.3 Å². The van der Waals surface area contributed by atoms with Crippen LogP contribution in [0, 0.1) is 3.57 Å². The molecule has 0 aromatic heterocycles. The van der Waals surface area contributed by atoms with Gasteiger partial charge in [0.1, 0.15) is 0 Å². The molecule has 0 radical (unpaired) electrons. The van der Waals surface area contributed by atoms with E-state index in [-0.39, 0.29) is 0 Å². The summed E-state index contributed by atoms with van der Waals surface area (Å²) in [5, 5.41) is 5.04. The molecule has 0 bridgehead atoms. The molecule has 2 rings (SSSR count). The topological polar surface area (TPSA) is 12.0 Å². The first kappa shape index (κ1) is 14.9. The lowest BCUT2D eigenvalue weighted by molar-refractivity contribution is 0.789. The predicted molar refractivity (Wildman–Crippen MR) is 92.4 cm³/mol. The molecule has 100 valence electrons. The zero-order valence-electron chi connectivity index (χ0n) is 10.5. The Morgan fingerprint density at radius 3 is 2.32 bits per heavy atom. The van der Waals surface area contributed by atoms with E-state index >= 15 is 0 Å². The van der Waals surface area contributed by atoms with Crippen LogP contribution in [0.1, 0.15) is 12.5 Å². The molecular weight excluding hydrogens is 392 g/mol. The van der Waals surface area contributed by atoms with Gasteiger partial charge in [-0.15, -0.1) is 0 Å². The van der Waals surface area contributed by atoms with E-state index in [4.69, 9.17) is 23.2 Å². The van der Waals surface area contributed by atoms with Crippen molar-refractivity contribution in [3.05, 3.63) is 61.6 Å². The van der Waals surface area contributed by atoms with Crippen molar-refractivity contribution in [3.8, 4) is 0 Å². The lowest BCUT2D eigenvalue weighted by atomic mass is 10.1. The molecule has 1 N–H and O–H groups in total. The van der Waals surface area contributed by atoms with Crippen molar-refractivity contribution >= 4 is 51.5 Å². The van der Waals surface area contributed by atoms with Crippen LogP contribution in [0.15, 0.2) is 42.5 Å². The summed E-state index contributed by atoms with van der Waals surface area (Å²) in [6.45, 7) is 2.17. The maximum absolute atomic E-state index is 5.95. The highest BCUT2D eigenvalue weighted by Crippen LogP contribution is 2.23. The van der Waals surface area contributed by atoms with Crippen molar-refractivity contribution in [2.24, 2.45) is 0 Å². The molecule has 2 aromatic carbocycles. The summed E-state index contributed by atoms with van der Waals surface area (Å²) in [6, 6.07) is 14.2. The number of rotatable bonds is 4. The fourth-order valence-corrected chi connectivity index (χ4v) is 3.05. The minimum Gasteiger partial charge on any atom is -0.381 e. The van der Waals surface area contributed by atoms with Crippen LogP contribution < -0.4 is 5.32 Å². The lowest BCUT2D eigenvalue weighted by Gasteiger charge is -2.16. The quantitative estimate of drug-likeness (QED) is 0.649. The zero-order valence-corrected chi connectivity index (χ0v) is 14.1. The largest absolute Gasteiger partial charge is 0.381 e. The van der Waals surface area contributed by atoms with Gasteiger partial charge in [-0.3, -0.25) is 0 Å². The van der Waals surface area contributed by atoms with Crippen LogP contribution in [0.3, 0.4) is 0 Å². The summed E-state index contributed by atoms with van der Waals surface area (Å²) < 4.78 is 1.13. The molecular formula is C15H14Cl2IN. The van der Waals surface area contributed by atoms with Crippen LogP contribution in [0.5, 0.6) is 0 Å². The summed E-state index contributed by atoms with van der Waals surface area (Å²) >= 11 is 14.1. The van der Waals surface area contributed by atoms with E-state index in [1.54, 1.807) is 0 Å². The van der Waals surface area contributed by atoms with Gasteiger partial charge in [-0.25, -0.2) is 0 Å². The second-order valence-electron chi connectivity index (χ2n) is 4.50. The van der Waals surface area contributed by atoms with Gasteiger partial charge in [0.15, 0.2) is 0 Å². The molecule has 0 aliphatic rings. The lowest BCUT2D eigenvalue weighted by Crippen LogP contribution is -2.18. The summed E-state index contributed by atoms with van der Waals surface area (Å²) in [6.07, 6.45) is 0.954. The van der Waals surface area contributed by atoms with E-state index < -0.39 is 0 Å². The van der Waals surface area contributed by atoms with Gasteiger partial charge in [0, 0.05) is 25.3 Å². The van der Waals surface area contributed by atoms with Gasteiger partial charge < -0.3 is 5.32 Å². The van der Waals surface area contributed by atoms with Gasteiger partial charge in [0.25, 0.3) is 0 Å². The Hall–Kier alpha value is -0.450. The van der Waals surface area contributed by atoms with Gasteiger partial charge in [-0.05, 0) is 71.8 Å². The first-order valence-corrected chi connectivity index (χ1v) is 7.84. The van der Waals surface area contributed by atoms with E-state index in [0.717, 1.165) is 25.7 Å². The smallest absolute Gasteiger partial charge is 0.0479 e. The Morgan fingerprint density at radius 1 is 1.05 bits per heavy atom. The highest BCUT2D eigenvalue weighted by Gasteiger charge is 2.06. The van der Waals surface area contributed by atoms with E-state index in [1.807, 2.05) is 30.3 Å². The van der Waals surface area contributed by atoms with Crippen molar-refractivity contribution in [1.29, 1.82) is 0 Å². The molecule has 0 heterocycles. The monoisotopic (exact) mass is 405 g/mol. The first-order valence-electron chi connectivity index (χ1n) is 6.00. The van der Waals surface area contributed by atoms with Crippen LogP contribution >= 0.6 is 45.8 Å². The SMILES string of the molecule is CC(Cc1ccc(Cl)cc1)Nc1ccc(Cl)cc1I. The van der Waals surface area contributed by atoms with Crippen LogP contribution in [-0.4, -0.2) is 6.04 Å². The number of anilines is 1. The van der Waals surface area contributed by atoms with Crippen LogP contribution in [0.4, 0.5) is 5.69 Å². The molecule has 0 aliphatic heterocycles. The Balaban J connectivity index is 2.01. The molecule has 0 saturated carbocycles. The Morgan fingerprint density at radius 2 is 1.68 bits per heavy atom. The Labute approximate surface area is 137 Å². The molecule has 2 aromatic rings. The zero-order chi connectivity index (χ0) is 13.8. The molecule has 1 atom stereocenters. The minimum atomic E-state index is 0.343. The van der Waals surface area contributed by atoms with E-state index in [2.05, 4.69) is 47.0 Å². The highest BCUT2D eigenvalue weighted by atomic mass is 127. The Bertz CT molecular complexity index is 555. The number of hydrogen-bond donors (Lipinski definition) is 1. The fraction of sp³-hybridized carbons (Fsp3) is 0.200. The van der Waals surface area contributed by atoms with Crippen molar-refractivity contribution in [3.63, 3.8) is 0 Å². The van der Waals surface area contributed by atoms with E-state index in [0.29, 0.717) is 6.04 Å². The molecule has 1 unspecified atom stereocenters. The average Bonchev–Trinajstić information content (AvgIpc) is 2.36. The van der Waals surface area contributed by atoms with E-state index in [9.17, 15) is 0 Å². The summed E-state index contributed by atoms with van der Waals surface area (Å²) in [5.41, 5.74) is 2.39. The molecule has 1 nitrogen and oxygen atoms in total.